The molecule has 5 heteroatoms. The van der Waals surface area contributed by atoms with Crippen molar-refractivity contribution in [2.75, 3.05) is 20.8 Å². The van der Waals surface area contributed by atoms with Crippen LogP contribution in [0, 0.1) is 0 Å². The van der Waals surface area contributed by atoms with Crippen molar-refractivity contribution in [1.29, 1.82) is 0 Å². The van der Waals surface area contributed by atoms with E-state index in [0.717, 1.165) is 12.1 Å². The molecule has 0 spiro atoms. The van der Waals surface area contributed by atoms with Gasteiger partial charge in [0.15, 0.2) is 0 Å². The van der Waals surface area contributed by atoms with Crippen LogP contribution in [0.1, 0.15) is 24.8 Å². The van der Waals surface area contributed by atoms with Crippen LogP contribution < -0.4 is 0 Å². The minimum absolute atomic E-state index is 0.219. The number of ether oxygens (including phenoxy) is 2. The summed E-state index contributed by atoms with van der Waals surface area (Å²) in [5, 5.41) is 0. The summed E-state index contributed by atoms with van der Waals surface area (Å²) in [6.07, 6.45) is 1.36. The monoisotopic (exact) mass is 291 g/mol. The van der Waals surface area contributed by atoms with Crippen LogP contribution in [0.2, 0.25) is 0 Å². The van der Waals surface area contributed by atoms with E-state index in [2.05, 4.69) is 9.64 Å². The molecule has 0 unspecified atom stereocenters. The summed E-state index contributed by atoms with van der Waals surface area (Å²) in [5.41, 5.74) is 0.447. The summed E-state index contributed by atoms with van der Waals surface area (Å²) in [6.45, 7) is 1.50. The second-order valence-electron chi connectivity index (χ2n) is 5.26. The summed E-state index contributed by atoms with van der Waals surface area (Å²) in [6, 6.07) is 9.97. The molecule has 1 atom stereocenters. The van der Waals surface area contributed by atoms with Crippen molar-refractivity contribution in [3.05, 3.63) is 35.9 Å². The second kappa shape index (κ2) is 6.72. The van der Waals surface area contributed by atoms with Crippen LogP contribution in [0.25, 0.3) is 0 Å². The lowest BCUT2D eigenvalue weighted by Gasteiger charge is -2.50. The number of esters is 2. The number of hydrogen-bond donors (Lipinski definition) is 0. The summed E-state index contributed by atoms with van der Waals surface area (Å²) in [7, 11) is 2.75. The molecule has 1 aliphatic rings. The lowest BCUT2D eigenvalue weighted by molar-refractivity contribution is -0.168. The number of hydrogen-bond acceptors (Lipinski definition) is 5. The number of rotatable bonds is 6. The van der Waals surface area contributed by atoms with E-state index in [1.165, 1.54) is 14.2 Å². The zero-order valence-corrected chi connectivity index (χ0v) is 12.5. The van der Waals surface area contributed by atoms with Crippen LogP contribution in [0.5, 0.6) is 0 Å². The van der Waals surface area contributed by atoms with Crippen molar-refractivity contribution in [1.82, 2.24) is 4.90 Å². The topological polar surface area (TPSA) is 55.8 Å². The van der Waals surface area contributed by atoms with E-state index in [1.54, 1.807) is 0 Å². The summed E-state index contributed by atoms with van der Waals surface area (Å²) in [4.78, 5) is 25.7. The van der Waals surface area contributed by atoms with E-state index in [1.807, 2.05) is 30.3 Å². The number of nitrogens with zero attached hydrogens (tertiary/aromatic N) is 1. The molecular weight excluding hydrogens is 270 g/mol. The molecule has 0 aliphatic carbocycles. The molecule has 0 saturated carbocycles. The van der Waals surface area contributed by atoms with Gasteiger partial charge in [-0.1, -0.05) is 30.3 Å². The maximum absolute atomic E-state index is 12.2. The highest BCUT2D eigenvalue weighted by Gasteiger charge is 2.51. The molecule has 1 aromatic rings. The Kier molecular flexibility index (Phi) is 4.96. The van der Waals surface area contributed by atoms with Crippen LogP contribution in [0.3, 0.4) is 0 Å². The van der Waals surface area contributed by atoms with E-state index in [-0.39, 0.29) is 18.4 Å². The predicted molar refractivity (Wildman–Crippen MR) is 77.5 cm³/mol. The molecule has 0 N–H and O–H groups in total. The van der Waals surface area contributed by atoms with Gasteiger partial charge in [-0.15, -0.1) is 0 Å². The van der Waals surface area contributed by atoms with Crippen LogP contribution in [-0.2, 0) is 25.6 Å². The second-order valence-corrected chi connectivity index (χ2v) is 5.26. The van der Waals surface area contributed by atoms with E-state index >= 15 is 0 Å². The van der Waals surface area contributed by atoms with Gasteiger partial charge in [-0.3, -0.25) is 14.5 Å². The summed E-state index contributed by atoms with van der Waals surface area (Å²) < 4.78 is 9.63. The first kappa shape index (κ1) is 15.5. The third-order valence-corrected chi connectivity index (χ3v) is 4.15. The van der Waals surface area contributed by atoms with Crippen LogP contribution >= 0.6 is 0 Å². The average molecular weight is 291 g/mol. The number of methoxy groups -OCH3 is 2. The Labute approximate surface area is 124 Å². The quantitative estimate of drug-likeness (QED) is 0.748. The maximum Gasteiger partial charge on any atom is 0.326 e. The molecule has 0 aromatic heterocycles. The Morgan fingerprint density at radius 2 is 1.90 bits per heavy atom. The average Bonchev–Trinajstić information content (AvgIpc) is 2.52. The molecule has 2 rings (SSSR count). The van der Waals surface area contributed by atoms with Gasteiger partial charge in [0.05, 0.1) is 14.2 Å². The molecule has 114 valence electrons. The molecule has 0 amide bonds. The van der Waals surface area contributed by atoms with Gasteiger partial charge >= 0.3 is 11.9 Å². The van der Waals surface area contributed by atoms with Crippen LogP contribution in [-0.4, -0.2) is 43.1 Å². The Morgan fingerprint density at radius 3 is 2.43 bits per heavy atom. The summed E-state index contributed by atoms with van der Waals surface area (Å²) in [5.74, 6) is -0.571. The van der Waals surface area contributed by atoms with Crippen molar-refractivity contribution in [2.24, 2.45) is 0 Å². The van der Waals surface area contributed by atoms with Crippen molar-refractivity contribution in [3.8, 4) is 0 Å². The SMILES string of the molecule is COC(=O)CC[C@]1(C(=O)OC)CCN1Cc1ccccc1. The third kappa shape index (κ3) is 3.24. The van der Waals surface area contributed by atoms with E-state index < -0.39 is 5.54 Å². The fourth-order valence-corrected chi connectivity index (χ4v) is 2.79. The third-order valence-electron chi connectivity index (χ3n) is 4.15. The largest absolute Gasteiger partial charge is 0.469 e. The highest BCUT2D eigenvalue weighted by atomic mass is 16.5. The number of likely N-dealkylation sites (tertiary alicyclic amines) is 1. The molecule has 1 aromatic carbocycles. The maximum atomic E-state index is 12.2. The summed E-state index contributed by atoms with van der Waals surface area (Å²) >= 11 is 0. The Morgan fingerprint density at radius 1 is 1.19 bits per heavy atom. The minimum Gasteiger partial charge on any atom is -0.469 e. The number of benzene rings is 1. The van der Waals surface area contributed by atoms with Gasteiger partial charge in [-0.05, 0) is 18.4 Å². The Bertz CT molecular complexity index is 502. The first-order valence-corrected chi connectivity index (χ1v) is 7.06. The zero-order valence-electron chi connectivity index (χ0n) is 12.5. The highest BCUT2D eigenvalue weighted by molar-refractivity contribution is 5.83. The van der Waals surface area contributed by atoms with Crippen LogP contribution in [0.4, 0.5) is 0 Å². The number of carbonyl (C=O) groups excluding carboxylic acids is 2. The van der Waals surface area contributed by atoms with Crippen molar-refractivity contribution >= 4 is 11.9 Å². The van der Waals surface area contributed by atoms with E-state index in [0.29, 0.717) is 19.4 Å². The molecular formula is C16H21NO4. The minimum atomic E-state index is -0.696. The predicted octanol–water partition coefficient (Wildman–Crippen LogP) is 1.76. The molecule has 1 aliphatic heterocycles. The molecule has 1 heterocycles. The Hall–Kier alpha value is -1.88. The zero-order chi connectivity index (χ0) is 15.3. The molecule has 5 nitrogen and oxygen atoms in total. The van der Waals surface area contributed by atoms with Gasteiger partial charge in [0.25, 0.3) is 0 Å². The van der Waals surface area contributed by atoms with Gasteiger partial charge < -0.3 is 9.47 Å². The van der Waals surface area contributed by atoms with Crippen molar-refractivity contribution in [2.45, 2.75) is 31.3 Å². The smallest absolute Gasteiger partial charge is 0.326 e. The van der Waals surface area contributed by atoms with Gasteiger partial charge in [-0.2, -0.15) is 0 Å². The highest BCUT2D eigenvalue weighted by Crippen LogP contribution is 2.37. The van der Waals surface area contributed by atoms with Crippen LogP contribution in [0.15, 0.2) is 30.3 Å². The lowest BCUT2D eigenvalue weighted by Crippen LogP contribution is -2.64. The first-order chi connectivity index (χ1) is 10.1. The van der Waals surface area contributed by atoms with Gasteiger partial charge in [-0.25, -0.2) is 0 Å². The normalized spacial score (nSPS) is 21.4. The van der Waals surface area contributed by atoms with Crippen molar-refractivity contribution in [3.63, 3.8) is 0 Å². The van der Waals surface area contributed by atoms with Crippen molar-refractivity contribution < 1.29 is 19.1 Å². The standard InChI is InChI=1S/C16H21NO4/c1-20-14(18)8-9-16(15(19)21-2)10-11-17(16)12-13-6-4-3-5-7-13/h3-7H,8-12H2,1-2H3/t16-/m1/s1. The van der Waals surface area contributed by atoms with Gasteiger partial charge in [0.1, 0.15) is 5.54 Å². The molecule has 1 saturated heterocycles. The fourth-order valence-electron chi connectivity index (χ4n) is 2.79. The van der Waals surface area contributed by atoms with Gasteiger partial charge in [0, 0.05) is 19.5 Å². The lowest BCUT2D eigenvalue weighted by atomic mass is 9.80. The molecule has 0 bridgehead atoms. The molecule has 1 fully saturated rings. The van der Waals surface area contributed by atoms with Gasteiger partial charge in [0.2, 0.25) is 0 Å². The van der Waals surface area contributed by atoms with E-state index in [4.69, 9.17) is 4.74 Å². The fraction of sp³-hybridized carbons (Fsp3) is 0.500. The van der Waals surface area contributed by atoms with E-state index in [9.17, 15) is 9.59 Å². The molecule has 21 heavy (non-hydrogen) atoms. The number of carbonyl (C=O) groups is 2. The molecule has 0 radical (unpaired) electrons. The first-order valence-electron chi connectivity index (χ1n) is 7.06. The Balaban J connectivity index is 2.09.